The number of carbonyl (C=O) groups is 1. The van der Waals surface area contributed by atoms with Crippen molar-refractivity contribution in [2.45, 2.75) is 12.8 Å². The molecule has 1 aliphatic heterocycles. The molecular weight excluding hydrogens is 268 g/mol. The summed E-state index contributed by atoms with van der Waals surface area (Å²) >= 11 is 0. The Kier molecular flexibility index (Phi) is 5.73. The Labute approximate surface area is 124 Å². The Balaban J connectivity index is 2.08. The molecule has 1 atom stereocenters. The van der Waals surface area contributed by atoms with Crippen molar-refractivity contribution in [2.75, 3.05) is 33.4 Å². The summed E-state index contributed by atoms with van der Waals surface area (Å²) in [5.41, 5.74) is 0.876. The first-order valence-corrected chi connectivity index (χ1v) is 7.10. The number of pyridine rings is 1. The molecule has 21 heavy (non-hydrogen) atoms. The van der Waals surface area contributed by atoms with Crippen molar-refractivity contribution < 1.29 is 14.6 Å². The molecule has 5 nitrogen and oxygen atoms in total. The summed E-state index contributed by atoms with van der Waals surface area (Å²) in [5.74, 6) is 5.55. The van der Waals surface area contributed by atoms with Crippen molar-refractivity contribution in [1.82, 2.24) is 9.88 Å². The molecule has 1 aromatic heterocycles. The smallest absolute Gasteiger partial charge is 0.273 e. The Hall–Kier alpha value is -1.90. The Morgan fingerprint density at radius 3 is 3.19 bits per heavy atom. The highest BCUT2D eigenvalue weighted by Gasteiger charge is 2.21. The van der Waals surface area contributed by atoms with E-state index in [9.17, 15) is 4.79 Å². The first-order valence-electron chi connectivity index (χ1n) is 7.10. The van der Waals surface area contributed by atoms with Gasteiger partial charge in [0.2, 0.25) is 0 Å². The third-order valence-corrected chi connectivity index (χ3v) is 3.45. The van der Waals surface area contributed by atoms with E-state index in [0.717, 1.165) is 19.4 Å². The highest BCUT2D eigenvalue weighted by Crippen LogP contribution is 2.16. The number of aliphatic hydroxyl groups is 1. The number of aliphatic hydroxyl groups excluding tert-OH is 1. The second-order valence-corrected chi connectivity index (χ2v) is 5.13. The summed E-state index contributed by atoms with van der Waals surface area (Å²) < 4.78 is 5.44. The summed E-state index contributed by atoms with van der Waals surface area (Å²) in [4.78, 5) is 18.3. The summed E-state index contributed by atoms with van der Waals surface area (Å²) in [6, 6.07) is 3.47. The van der Waals surface area contributed by atoms with E-state index in [0.29, 0.717) is 30.3 Å². The van der Waals surface area contributed by atoms with Crippen LogP contribution >= 0.6 is 0 Å². The van der Waals surface area contributed by atoms with E-state index >= 15 is 0 Å². The highest BCUT2D eigenvalue weighted by molar-refractivity contribution is 5.94. The fourth-order valence-corrected chi connectivity index (χ4v) is 2.41. The molecule has 1 unspecified atom stereocenters. The van der Waals surface area contributed by atoms with Crippen LogP contribution in [0.2, 0.25) is 0 Å². The first kappa shape index (κ1) is 15.5. The number of amides is 1. The lowest BCUT2D eigenvalue weighted by atomic mass is 10.0. The lowest BCUT2D eigenvalue weighted by Crippen LogP contribution is -2.35. The van der Waals surface area contributed by atoms with E-state index < -0.39 is 0 Å². The number of rotatable bonds is 3. The second kappa shape index (κ2) is 7.77. The molecule has 0 radical (unpaired) electrons. The van der Waals surface area contributed by atoms with Gasteiger partial charge in [-0.3, -0.25) is 4.79 Å². The van der Waals surface area contributed by atoms with Crippen LogP contribution in [0.3, 0.4) is 0 Å². The minimum absolute atomic E-state index is 0.150. The van der Waals surface area contributed by atoms with Crippen LogP contribution in [0.5, 0.6) is 0 Å². The molecular formula is C16H20N2O3. The zero-order valence-corrected chi connectivity index (χ0v) is 12.2. The zero-order valence-electron chi connectivity index (χ0n) is 12.2. The van der Waals surface area contributed by atoms with Gasteiger partial charge in [-0.2, -0.15) is 0 Å². The van der Waals surface area contributed by atoms with Crippen molar-refractivity contribution in [1.29, 1.82) is 0 Å². The summed E-state index contributed by atoms with van der Waals surface area (Å²) in [7, 11) is 1.77. The predicted octanol–water partition coefficient (Wildman–Crippen LogP) is 0.924. The monoisotopic (exact) mass is 288 g/mol. The summed E-state index contributed by atoms with van der Waals surface area (Å²) in [6.45, 7) is 1.94. The molecule has 5 heteroatoms. The van der Waals surface area contributed by atoms with Gasteiger partial charge in [-0.15, -0.1) is 0 Å². The molecule has 1 saturated heterocycles. The molecule has 1 N–H and O–H groups in total. The van der Waals surface area contributed by atoms with Crippen molar-refractivity contribution >= 4 is 5.91 Å². The van der Waals surface area contributed by atoms with Crippen molar-refractivity contribution in [2.24, 2.45) is 5.92 Å². The normalized spacial score (nSPS) is 17.7. The van der Waals surface area contributed by atoms with Crippen LogP contribution in [0.1, 0.15) is 28.9 Å². The van der Waals surface area contributed by atoms with Crippen LogP contribution in [-0.2, 0) is 4.74 Å². The summed E-state index contributed by atoms with van der Waals surface area (Å²) in [5, 5.41) is 8.78. The van der Waals surface area contributed by atoms with Gasteiger partial charge in [0, 0.05) is 26.4 Å². The number of hydrogen-bond donors (Lipinski definition) is 1. The lowest BCUT2D eigenvalue weighted by Gasteiger charge is -2.27. The van der Waals surface area contributed by atoms with Crippen molar-refractivity contribution in [3.8, 4) is 11.8 Å². The molecule has 0 aromatic carbocycles. The van der Waals surface area contributed by atoms with E-state index in [2.05, 4.69) is 16.8 Å². The van der Waals surface area contributed by atoms with Crippen LogP contribution in [0, 0.1) is 17.8 Å². The average Bonchev–Trinajstić information content (AvgIpc) is 2.53. The maximum absolute atomic E-state index is 12.5. The Morgan fingerprint density at radius 1 is 1.62 bits per heavy atom. The van der Waals surface area contributed by atoms with E-state index in [1.807, 2.05) is 0 Å². The van der Waals surface area contributed by atoms with Crippen LogP contribution in [0.4, 0.5) is 0 Å². The van der Waals surface area contributed by atoms with E-state index in [4.69, 9.17) is 9.84 Å². The molecule has 0 saturated carbocycles. The van der Waals surface area contributed by atoms with Gasteiger partial charge in [0.1, 0.15) is 12.3 Å². The molecule has 2 rings (SSSR count). The average molecular weight is 288 g/mol. The quantitative estimate of drug-likeness (QED) is 0.840. The van der Waals surface area contributed by atoms with Gasteiger partial charge in [0.15, 0.2) is 0 Å². The van der Waals surface area contributed by atoms with Gasteiger partial charge in [0.25, 0.3) is 5.91 Å². The van der Waals surface area contributed by atoms with Gasteiger partial charge in [0.05, 0.1) is 12.2 Å². The van der Waals surface area contributed by atoms with Gasteiger partial charge in [-0.1, -0.05) is 11.8 Å². The van der Waals surface area contributed by atoms with E-state index in [-0.39, 0.29) is 12.5 Å². The van der Waals surface area contributed by atoms with Gasteiger partial charge >= 0.3 is 0 Å². The minimum atomic E-state index is -0.238. The Morgan fingerprint density at radius 2 is 2.48 bits per heavy atom. The molecule has 1 aliphatic rings. The Bertz CT molecular complexity index is 542. The predicted molar refractivity (Wildman–Crippen MR) is 78.7 cm³/mol. The van der Waals surface area contributed by atoms with Crippen LogP contribution in [0.25, 0.3) is 0 Å². The number of hydrogen-bond acceptors (Lipinski definition) is 4. The summed E-state index contributed by atoms with van der Waals surface area (Å²) in [6.07, 6.45) is 3.70. The SMILES string of the molecule is CN(CC1CCCOC1)C(=O)c1ncccc1C#CCO. The number of aromatic nitrogens is 1. The maximum atomic E-state index is 12.5. The third-order valence-electron chi connectivity index (χ3n) is 3.45. The molecule has 1 amide bonds. The van der Waals surface area contributed by atoms with Crippen LogP contribution in [-0.4, -0.2) is 54.3 Å². The zero-order chi connectivity index (χ0) is 15.1. The van der Waals surface area contributed by atoms with Gasteiger partial charge < -0.3 is 14.7 Å². The molecule has 112 valence electrons. The second-order valence-electron chi connectivity index (χ2n) is 5.13. The minimum Gasteiger partial charge on any atom is -0.384 e. The first-order chi connectivity index (χ1) is 10.2. The molecule has 0 bridgehead atoms. The standard InChI is InChI=1S/C16H20N2O3/c1-18(11-13-5-4-10-21-12-13)16(20)15-14(7-3-9-19)6-2-8-17-15/h2,6,8,13,19H,4-5,9-12H2,1H3. The number of ether oxygens (including phenoxy) is 1. The molecule has 1 fully saturated rings. The number of nitrogens with zero attached hydrogens (tertiary/aromatic N) is 2. The van der Waals surface area contributed by atoms with E-state index in [1.54, 1.807) is 30.3 Å². The molecule has 0 aliphatic carbocycles. The molecule has 2 heterocycles. The fourth-order valence-electron chi connectivity index (χ4n) is 2.41. The molecule has 1 aromatic rings. The fraction of sp³-hybridized carbons (Fsp3) is 0.500. The lowest BCUT2D eigenvalue weighted by molar-refractivity contribution is 0.0387. The number of carbonyl (C=O) groups excluding carboxylic acids is 1. The largest absolute Gasteiger partial charge is 0.384 e. The van der Waals surface area contributed by atoms with Crippen molar-refractivity contribution in [3.05, 3.63) is 29.6 Å². The van der Waals surface area contributed by atoms with Crippen molar-refractivity contribution in [3.63, 3.8) is 0 Å². The molecule has 0 spiro atoms. The third kappa shape index (κ3) is 4.28. The van der Waals surface area contributed by atoms with Crippen LogP contribution < -0.4 is 0 Å². The topological polar surface area (TPSA) is 62.7 Å². The van der Waals surface area contributed by atoms with E-state index in [1.165, 1.54) is 0 Å². The highest BCUT2D eigenvalue weighted by atomic mass is 16.5. The van der Waals surface area contributed by atoms with Gasteiger partial charge in [-0.25, -0.2) is 4.98 Å². The van der Waals surface area contributed by atoms with Crippen LogP contribution in [0.15, 0.2) is 18.3 Å². The maximum Gasteiger partial charge on any atom is 0.273 e. The van der Waals surface area contributed by atoms with Gasteiger partial charge in [-0.05, 0) is 30.9 Å².